The average molecular weight is 435 g/mol. The minimum Gasteiger partial charge on any atom is -0.349 e. The zero-order valence-corrected chi connectivity index (χ0v) is 16.5. The highest BCUT2D eigenvalue weighted by Gasteiger charge is 2.26. The molecule has 0 radical (unpaired) electrons. The molecular formula is C19H15F2N3O3S2. The van der Waals surface area contributed by atoms with Crippen molar-refractivity contribution in [2.75, 3.05) is 4.72 Å². The Bertz CT molecular complexity index is 1180. The highest BCUT2D eigenvalue weighted by atomic mass is 32.2. The molecule has 1 aromatic heterocycles. The van der Waals surface area contributed by atoms with E-state index in [0.717, 1.165) is 29.3 Å². The lowest BCUT2D eigenvalue weighted by Crippen LogP contribution is -2.35. The number of thiazole rings is 1. The molecule has 1 aliphatic rings. The normalized spacial score (nSPS) is 15.7. The van der Waals surface area contributed by atoms with Crippen molar-refractivity contribution in [3.8, 4) is 0 Å². The third kappa shape index (κ3) is 4.13. The monoisotopic (exact) mass is 435 g/mol. The molecule has 1 aliphatic carbocycles. The molecule has 3 aromatic rings. The molecule has 1 heterocycles. The molecule has 1 amide bonds. The minimum absolute atomic E-state index is 0.0922. The van der Waals surface area contributed by atoms with Gasteiger partial charge in [0.05, 0.1) is 10.5 Å². The number of fused-ring (bicyclic) bond motifs is 1. The third-order valence-electron chi connectivity index (χ3n) is 4.58. The number of halogens is 2. The molecule has 0 fully saturated rings. The van der Waals surface area contributed by atoms with Gasteiger partial charge in [-0.25, -0.2) is 22.2 Å². The van der Waals surface area contributed by atoms with Crippen LogP contribution in [-0.2, 0) is 22.9 Å². The number of benzene rings is 2. The summed E-state index contributed by atoms with van der Waals surface area (Å²) in [6.07, 6.45) is 2.36. The van der Waals surface area contributed by atoms with Crippen molar-refractivity contribution in [2.24, 2.45) is 0 Å². The quantitative estimate of drug-likeness (QED) is 0.645. The van der Waals surface area contributed by atoms with Crippen molar-refractivity contribution in [1.82, 2.24) is 10.3 Å². The second-order valence-electron chi connectivity index (χ2n) is 6.58. The number of anilines is 1. The van der Waals surface area contributed by atoms with Crippen LogP contribution in [0.15, 0.2) is 52.9 Å². The van der Waals surface area contributed by atoms with Crippen LogP contribution < -0.4 is 10.0 Å². The minimum atomic E-state index is -3.78. The Morgan fingerprint density at radius 3 is 2.66 bits per heavy atom. The predicted octanol–water partition coefficient (Wildman–Crippen LogP) is 3.12. The van der Waals surface area contributed by atoms with Gasteiger partial charge in [-0.3, -0.25) is 9.52 Å². The van der Waals surface area contributed by atoms with E-state index in [0.29, 0.717) is 12.8 Å². The van der Waals surface area contributed by atoms with E-state index in [9.17, 15) is 22.0 Å². The second kappa shape index (κ2) is 7.53. The molecule has 0 saturated carbocycles. The summed E-state index contributed by atoms with van der Waals surface area (Å²) in [6.45, 7) is 0. The first-order chi connectivity index (χ1) is 13.8. The molecule has 1 unspecified atom stereocenters. The number of amides is 1. The second-order valence-corrected chi connectivity index (χ2v) is 9.15. The van der Waals surface area contributed by atoms with Crippen LogP contribution in [-0.4, -0.2) is 25.4 Å². The van der Waals surface area contributed by atoms with Gasteiger partial charge in [0.2, 0.25) is 0 Å². The Labute approximate surface area is 169 Å². The van der Waals surface area contributed by atoms with Crippen LogP contribution in [0.3, 0.4) is 0 Å². The van der Waals surface area contributed by atoms with Gasteiger partial charge in [0.1, 0.15) is 11.6 Å². The summed E-state index contributed by atoms with van der Waals surface area (Å²) in [5, 5.41) is 4.62. The summed E-state index contributed by atoms with van der Waals surface area (Å²) < 4.78 is 54.6. The van der Waals surface area contributed by atoms with Crippen LogP contribution in [0.5, 0.6) is 0 Å². The maximum absolute atomic E-state index is 13.8. The van der Waals surface area contributed by atoms with Crippen molar-refractivity contribution in [3.63, 3.8) is 0 Å². The van der Waals surface area contributed by atoms with Gasteiger partial charge in [-0.2, -0.15) is 0 Å². The first-order valence-electron chi connectivity index (χ1n) is 8.62. The number of hydrogen-bond acceptors (Lipinski definition) is 5. The van der Waals surface area contributed by atoms with Gasteiger partial charge >= 0.3 is 0 Å². The topological polar surface area (TPSA) is 88.2 Å². The van der Waals surface area contributed by atoms with Gasteiger partial charge in [-0.05, 0) is 54.3 Å². The zero-order chi connectivity index (χ0) is 20.6. The summed E-state index contributed by atoms with van der Waals surface area (Å²) in [4.78, 5) is 16.3. The van der Waals surface area contributed by atoms with Crippen LogP contribution >= 0.6 is 11.3 Å². The maximum atomic E-state index is 13.8. The fraction of sp³-hybridized carbons (Fsp3) is 0.158. The molecular weight excluding hydrogens is 420 g/mol. The molecule has 1 atom stereocenters. The number of rotatable bonds is 5. The lowest BCUT2D eigenvalue weighted by atomic mass is 10.1. The van der Waals surface area contributed by atoms with Gasteiger partial charge in [-0.15, -0.1) is 11.3 Å². The van der Waals surface area contributed by atoms with E-state index in [1.165, 1.54) is 23.6 Å². The summed E-state index contributed by atoms with van der Waals surface area (Å²) in [5.74, 6) is -2.21. The molecule has 29 heavy (non-hydrogen) atoms. The zero-order valence-electron chi connectivity index (χ0n) is 14.9. The van der Waals surface area contributed by atoms with E-state index in [2.05, 4.69) is 15.0 Å². The highest BCUT2D eigenvalue weighted by Crippen LogP contribution is 2.27. The molecule has 6 nitrogen and oxygen atoms in total. The largest absolute Gasteiger partial charge is 0.349 e. The summed E-state index contributed by atoms with van der Waals surface area (Å²) in [5.41, 5.74) is 1.30. The Morgan fingerprint density at radius 1 is 1.10 bits per heavy atom. The van der Waals surface area contributed by atoms with E-state index < -0.39 is 27.6 Å². The fourth-order valence-corrected chi connectivity index (χ4v) is 5.09. The lowest BCUT2D eigenvalue weighted by molar-refractivity contribution is 0.0934. The van der Waals surface area contributed by atoms with Gasteiger partial charge in [0.15, 0.2) is 5.13 Å². The number of nitrogens with zero attached hydrogens (tertiary/aromatic N) is 1. The van der Waals surface area contributed by atoms with Crippen LogP contribution in [0.2, 0.25) is 0 Å². The molecule has 0 saturated heterocycles. The van der Waals surface area contributed by atoms with Crippen molar-refractivity contribution < 1.29 is 22.0 Å². The molecule has 2 aromatic carbocycles. The van der Waals surface area contributed by atoms with E-state index in [1.807, 2.05) is 0 Å². The first-order valence-corrected chi connectivity index (χ1v) is 11.0. The van der Waals surface area contributed by atoms with Gasteiger partial charge in [0.25, 0.3) is 15.9 Å². The van der Waals surface area contributed by atoms with Crippen molar-refractivity contribution in [3.05, 3.63) is 76.3 Å². The standard InChI is InChI=1S/C19H15F2N3O3S2/c20-13-2-4-17(21)16(10-13)18(25)23-14-7-11-1-3-15(9-12(11)8-14)29(26,27)24-19-22-5-6-28-19/h1-6,9-10,14H,7-8H2,(H,22,24)(H,23,25). The Balaban J connectivity index is 1.49. The number of aromatic nitrogens is 1. The number of carbonyl (C=O) groups is 1. The molecule has 10 heteroatoms. The van der Waals surface area contributed by atoms with E-state index >= 15 is 0 Å². The summed E-state index contributed by atoms with van der Waals surface area (Å²) >= 11 is 1.17. The number of nitrogens with one attached hydrogen (secondary N) is 2. The van der Waals surface area contributed by atoms with Crippen molar-refractivity contribution in [1.29, 1.82) is 0 Å². The molecule has 150 valence electrons. The van der Waals surface area contributed by atoms with Gasteiger partial charge < -0.3 is 5.32 Å². The SMILES string of the molecule is O=C(NC1Cc2ccc(S(=O)(=O)Nc3nccs3)cc2C1)c1cc(F)ccc1F. The first kappa shape index (κ1) is 19.5. The Kier molecular flexibility index (Phi) is 5.05. The van der Waals surface area contributed by atoms with Gasteiger partial charge in [-0.1, -0.05) is 6.07 Å². The summed E-state index contributed by atoms with van der Waals surface area (Å²) in [7, 11) is -3.78. The molecule has 0 spiro atoms. The molecule has 2 N–H and O–H groups in total. The van der Waals surface area contributed by atoms with E-state index in [-0.39, 0.29) is 21.6 Å². The predicted molar refractivity (Wildman–Crippen MR) is 104 cm³/mol. The lowest BCUT2D eigenvalue weighted by Gasteiger charge is -2.12. The fourth-order valence-electron chi connectivity index (χ4n) is 3.25. The molecule has 4 rings (SSSR count). The van der Waals surface area contributed by atoms with E-state index in [1.54, 1.807) is 17.5 Å². The van der Waals surface area contributed by atoms with Crippen LogP contribution in [0.25, 0.3) is 0 Å². The third-order valence-corrected chi connectivity index (χ3v) is 6.74. The van der Waals surface area contributed by atoms with Crippen LogP contribution in [0, 0.1) is 11.6 Å². The number of carbonyl (C=O) groups excluding carboxylic acids is 1. The average Bonchev–Trinajstić information content (AvgIpc) is 3.31. The summed E-state index contributed by atoms with van der Waals surface area (Å²) in [6, 6.07) is 7.10. The smallest absolute Gasteiger partial charge is 0.263 e. The van der Waals surface area contributed by atoms with E-state index in [4.69, 9.17) is 0 Å². The van der Waals surface area contributed by atoms with Crippen molar-refractivity contribution >= 4 is 32.4 Å². The number of hydrogen-bond donors (Lipinski definition) is 2. The van der Waals surface area contributed by atoms with Crippen molar-refractivity contribution in [2.45, 2.75) is 23.8 Å². The van der Waals surface area contributed by atoms with Crippen LogP contribution in [0.4, 0.5) is 13.9 Å². The molecule has 0 aliphatic heterocycles. The number of sulfonamides is 1. The maximum Gasteiger partial charge on any atom is 0.263 e. The Morgan fingerprint density at radius 2 is 1.90 bits per heavy atom. The van der Waals surface area contributed by atoms with Crippen LogP contribution in [0.1, 0.15) is 21.5 Å². The highest BCUT2D eigenvalue weighted by molar-refractivity contribution is 7.93. The molecule has 0 bridgehead atoms. The van der Waals surface area contributed by atoms with Gasteiger partial charge in [0, 0.05) is 17.6 Å². The Hall–Kier alpha value is -2.85.